The number of hydrogen-bond acceptors (Lipinski definition) is 3. The van der Waals surface area contributed by atoms with Gasteiger partial charge in [0.25, 0.3) is 0 Å². The van der Waals surface area contributed by atoms with E-state index in [4.69, 9.17) is 0 Å². The Morgan fingerprint density at radius 1 is 0.667 bits per heavy atom. The zero-order valence-electron chi connectivity index (χ0n) is 22.8. The second-order valence-corrected chi connectivity index (χ2v) is 8.40. The topological polar surface area (TPSA) is 61.4 Å². The Labute approximate surface area is 220 Å². The van der Waals surface area contributed by atoms with Crippen molar-refractivity contribution in [2.24, 2.45) is 0 Å². The van der Waals surface area contributed by atoms with Crippen molar-refractivity contribution in [1.82, 2.24) is 15.5 Å². The fourth-order valence-electron chi connectivity index (χ4n) is 3.02. The van der Waals surface area contributed by atoms with Crippen LogP contribution in [0.5, 0.6) is 0 Å². The van der Waals surface area contributed by atoms with Crippen molar-refractivity contribution >= 4 is 11.8 Å². The van der Waals surface area contributed by atoms with E-state index in [-0.39, 0.29) is 11.8 Å². The number of allylic oxidation sites excluding steroid dienone is 13. The molecular formula is C31H49N3O2. The molecule has 0 aliphatic heterocycles. The van der Waals surface area contributed by atoms with Crippen molar-refractivity contribution in [2.75, 3.05) is 33.2 Å². The van der Waals surface area contributed by atoms with E-state index in [9.17, 15) is 9.59 Å². The van der Waals surface area contributed by atoms with Gasteiger partial charge in [0.2, 0.25) is 11.8 Å². The second kappa shape index (κ2) is 26.7. The van der Waals surface area contributed by atoms with Gasteiger partial charge in [0.15, 0.2) is 0 Å². The lowest BCUT2D eigenvalue weighted by Crippen LogP contribution is -2.37. The summed E-state index contributed by atoms with van der Waals surface area (Å²) < 4.78 is 0. The average Bonchev–Trinajstić information content (AvgIpc) is 2.85. The maximum atomic E-state index is 11.9. The van der Waals surface area contributed by atoms with Crippen LogP contribution in [0.15, 0.2) is 85.1 Å². The first-order valence-corrected chi connectivity index (χ1v) is 13.4. The highest BCUT2D eigenvalue weighted by Crippen LogP contribution is 1.98. The third kappa shape index (κ3) is 25.7. The predicted molar refractivity (Wildman–Crippen MR) is 156 cm³/mol. The number of nitrogens with zero attached hydrogens (tertiary/aromatic N) is 1. The molecule has 0 bridgehead atoms. The molecule has 0 aliphatic rings. The lowest BCUT2D eigenvalue weighted by atomic mass is 10.2. The zero-order valence-corrected chi connectivity index (χ0v) is 22.8. The molecule has 0 aromatic heterocycles. The molecule has 200 valence electrons. The lowest BCUT2D eigenvalue weighted by molar-refractivity contribution is -0.121. The summed E-state index contributed by atoms with van der Waals surface area (Å²) in [4.78, 5) is 25.4. The van der Waals surface area contributed by atoms with Crippen molar-refractivity contribution < 1.29 is 9.59 Å². The van der Waals surface area contributed by atoms with E-state index in [1.807, 2.05) is 14.0 Å². The molecule has 36 heavy (non-hydrogen) atoms. The van der Waals surface area contributed by atoms with Crippen LogP contribution in [-0.2, 0) is 9.59 Å². The first kappa shape index (κ1) is 33.1. The van der Waals surface area contributed by atoms with Crippen molar-refractivity contribution in [3.05, 3.63) is 85.1 Å². The lowest BCUT2D eigenvalue weighted by Gasteiger charge is -2.16. The Kier molecular flexibility index (Phi) is 24.5. The minimum Gasteiger partial charge on any atom is -0.355 e. The molecular weight excluding hydrogens is 446 g/mol. The Morgan fingerprint density at radius 3 is 1.58 bits per heavy atom. The van der Waals surface area contributed by atoms with Crippen LogP contribution < -0.4 is 10.6 Å². The molecule has 2 N–H and O–H groups in total. The zero-order chi connectivity index (χ0) is 26.5. The molecule has 0 aromatic carbocycles. The Balaban J connectivity index is 3.64. The molecule has 2 amide bonds. The highest BCUT2D eigenvalue weighted by atomic mass is 16.2. The maximum absolute atomic E-state index is 11.9. The monoisotopic (exact) mass is 495 g/mol. The molecule has 0 saturated heterocycles. The summed E-state index contributed by atoms with van der Waals surface area (Å²) in [6.07, 6.45) is 36.6. The largest absolute Gasteiger partial charge is 0.355 e. The van der Waals surface area contributed by atoms with E-state index < -0.39 is 0 Å². The molecule has 0 heterocycles. The van der Waals surface area contributed by atoms with Gasteiger partial charge in [-0.05, 0) is 65.0 Å². The van der Waals surface area contributed by atoms with Crippen LogP contribution in [0.2, 0.25) is 0 Å². The van der Waals surface area contributed by atoms with Crippen LogP contribution >= 0.6 is 0 Å². The van der Waals surface area contributed by atoms with Crippen LogP contribution in [0.4, 0.5) is 0 Å². The van der Waals surface area contributed by atoms with Gasteiger partial charge in [0, 0.05) is 32.6 Å². The minimum absolute atomic E-state index is 0.0734. The van der Waals surface area contributed by atoms with E-state index in [0.29, 0.717) is 19.5 Å². The SMILES string of the molecule is CC=CC(=O)NCCN(C)CCNC(=O)CCC=CCC=CCC=CCC=CCC=CCC=CCC. The smallest absolute Gasteiger partial charge is 0.243 e. The van der Waals surface area contributed by atoms with Gasteiger partial charge in [-0.1, -0.05) is 85.9 Å². The van der Waals surface area contributed by atoms with Gasteiger partial charge in [-0.25, -0.2) is 0 Å². The van der Waals surface area contributed by atoms with Crippen LogP contribution in [0.25, 0.3) is 0 Å². The van der Waals surface area contributed by atoms with Gasteiger partial charge in [-0.2, -0.15) is 0 Å². The summed E-state index contributed by atoms with van der Waals surface area (Å²) in [5.41, 5.74) is 0. The average molecular weight is 496 g/mol. The third-order valence-corrected chi connectivity index (χ3v) is 5.06. The van der Waals surface area contributed by atoms with Crippen LogP contribution in [-0.4, -0.2) is 49.9 Å². The molecule has 0 saturated carbocycles. The number of rotatable bonds is 21. The minimum atomic E-state index is -0.0754. The van der Waals surface area contributed by atoms with Crippen LogP contribution in [0, 0.1) is 0 Å². The quantitative estimate of drug-likeness (QED) is 0.147. The van der Waals surface area contributed by atoms with Crippen molar-refractivity contribution in [1.29, 1.82) is 0 Å². The van der Waals surface area contributed by atoms with Crippen LogP contribution in [0.3, 0.4) is 0 Å². The maximum Gasteiger partial charge on any atom is 0.243 e. The van der Waals surface area contributed by atoms with Crippen LogP contribution in [0.1, 0.15) is 65.2 Å². The number of carbonyl (C=O) groups is 2. The summed E-state index contributed by atoms with van der Waals surface area (Å²) in [5, 5.41) is 5.76. The highest BCUT2D eigenvalue weighted by Gasteiger charge is 2.02. The molecule has 0 aliphatic carbocycles. The molecule has 5 heteroatoms. The number of amides is 2. The molecule has 0 aromatic rings. The summed E-state index contributed by atoms with van der Waals surface area (Å²) in [5.74, 6) is -0.00193. The fourth-order valence-corrected chi connectivity index (χ4v) is 3.02. The van der Waals surface area contributed by atoms with E-state index in [2.05, 4.69) is 95.4 Å². The normalized spacial score (nSPS) is 12.8. The van der Waals surface area contributed by atoms with Gasteiger partial charge in [-0.15, -0.1) is 0 Å². The first-order chi connectivity index (χ1) is 17.6. The molecule has 5 nitrogen and oxygen atoms in total. The second-order valence-electron chi connectivity index (χ2n) is 8.40. The van der Waals surface area contributed by atoms with Crippen molar-refractivity contribution in [3.63, 3.8) is 0 Å². The van der Waals surface area contributed by atoms with E-state index in [1.165, 1.54) is 6.08 Å². The molecule has 0 unspecified atom stereocenters. The number of carbonyl (C=O) groups excluding carboxylic acids is 2. The Morgan fingerprint density at radius 2 is 1.11 bits per heavy atom. The third-order valence-electron chi connectivity index (χ3n) is 5.06. The molecule has 0 atom stereocenters. The predicted octanol–water partition coefficient (Wildman–Crippen LogP) is 6.20. The number of hydrogen-bond donors (Lipinski definition) is 2. The summed E-state index contributed by atoms with van der Waals surface area (Å²) in [6, 6.07) is 0. The van der Waals surface area contributed by atoms with Crippen molar-refractivity contribution in [2.45, 2.75) is 65.2 Å². The van der Waals surface area contributed by atoms with Gasteiger partial charge >= 0.3 is 0 Å². The standard InChI is InChI=1S/C31H49N3O2/c1-4-6-7-8-9-10-11-12-13-14-15-16-17-18-19-20-21-22-23-25-31(36)33-27-29-34(3)28-26-32-30(35)24-5-2/h5-7,9-10,12-13,15-16,18-19,21-22,24H,4,8,11,14,17,20,23,25-29H2,1-3H3,(H,32,35)(H,33,36). The molecule has 0 radical (unpaired) electrons. The summed E-state index contributed by atoms with van der Waals surface area (Å²) in [7, 11) is 1.98. The number of likely N-dealkylation sites (N-methyl/N-ethyl adjacent to an activating group) is 1. The van der Waals surface area contributed by atoms with E-state index in [1.54, 1.807) is 6.08 Å². The molecule has 0 fully saturated rings. The van der Waals surface area contributed by atoms with Gasteiger partial charge < -0.3 is 15.5 Å². The Bertz CT molecular complexity index is 758. The fraction of sp³-hybridized carbons (Fsp3) is 0.484. The van der Waals surface area contributed by atoms with E-state index in [0.717, 1.165) is 58.0 Å². The van der Waals surface area contributed by atoms with Gasteiger partial charge in [0.05, 0.1) is 0 Å². The first-order valence-electron chi connectivity index (χ1n) is 13.4. The molecule has 0 rings (SSSR count). The van der Waals surface area contributed by atoms with E-state index >= 15 is 0 Å². The number of nitrogens with one attached hydrogen (secondary N) is 2. The molecule has 0 spiro atoms. The highest BCUT2D eigenvalue weighted by molar-refractivity contribution is 5.87. The summed E-state index contributed by atoms with van der Waals surface area (Å²) >= 11 is 0. The van der Waals surface area contributed by atoms with Gasteiger partial charge in [0.1, 0.15) is 0 Å². The van der Waals surface area contributed by atoms with Crippen molar-refractivity contribution in [3.8, 4) is 0 Å². The summed E-state index contributed by atoms with van der Waals surface area (Å²) in [6.45, 7) is 6.68. The Hall–Kier alpha value is -2.92. The van der Waals surface area contributed by atoms with Gasteiger partial charge in [-0.3, -0.25) is 9.59 Å².